The summed E-state index contributed by atoms with van der Waals surface area (Å²) in [7, 11) is 7.70. The number of carboxylic acid groups (broad SMARTS) is 1. The first kappa shape index (κ1) is 44.6. The molecule has 2 heterocycles. The lowest BCUT2D eigenvalue weighted by Crippen LogP contribution is -2.24. The summed E-state index contributed by atoms with van der Waals surface area (Å²) < 4.78 is 21.6. The summed E-state index contributed by atoms with van der Waals surface area (Å²) in [5.41, 5.74) is 5.65. The summed E-state index contributed by atoms with van der Waals surface area (Å²) in [4.78, 5) is 33.2. The van der Waals surface area contributed by atoms with E-state index in [1.807, 2.05) is 48.5 Å². The number of halogens is 2. The molecule has 14 heteroatoms. The van der Waals surface area contributed by atoms with Gasteiger partial charge in [-0.15, -0.1) is 0 Å². The molecule has 0 fully saturated rings. The van der Waals surface area contributed by atoms with E-state index >= 15 is 0 Å². The lowest BCUT2D eigenvalue weighted by atomic mass is 9.99. The van der Waals surface area contributed by atoms with Crippen LogP contribution in [0.1, 0.15) is 25.3 Å². The number of carbonyl (C=O) groups is 2. The van der Waals surface area contributed by atoms with Gasteiger partial charge in [-0.25, -0.2) is 9.59 Å². The first-order chi connectivity index (χ1) is 30.9. The Morgan fingerprint density at radius 3 is 1.97 bits per heavy atom. The molecule has 0 aliphatic rings. The molecule has 0 aliphatic heterocycles. The smallest absolute Gasteiger partial charge is 0.359 e. The van der Waals surface area contributed by atoms with Crippen molar-refractivity contribution in [1.82, 2.24) is 18.9 Å². The average Bonchev–Trinajstić information content (AvgIpc) is 3.75. The normalized spacial score (nSPS) is 12.2. The topological polar surface area (TPSA) is 120 Å². The molecule has 8 aromatic rings. The number of rotatable bonds is 19. The highest BCUT2D eigenvalue weighted by Gasteiger charge is 2.21. The van der Waals surface area contributed by atoms with Crippen LogP contribution >= 0.6 is 23.2 Å². The molecule has 0 amide bonds. The van der Waals surface area contributed by atoms with Gasteiger partial charge in [0.05, 0.1) is 17.6 Å². The number of fused-ring (bicyclic) bond motifs is 10. The monoisotopic (exact) mass is 903 g/mol. The van der Waals surface area contributed by atoms with Gasteiger partial charge in [-0.2, -0.15) is 0 Å². The average molecular weight is 905 g/mol. The Bertz CT molecular complexity index is 3080. The number of carboxylic acids is 1. The van der Waals surface area contributed by atoms with Crippen LogP contribution in [0.3, 0.4) is 0 Å². The lowest BCUT2D eigenvalue weighted by molar-refractivity contribution is -0.139. The third kappa shape index (κ3) is 9.28. The van der Waals surface area contributed by atoms with Crippen LogP contribution in [0.5, 0.6) is 11.5 Å². The van der Waals surface area contributed by atoms with Crippen molar-refractivity contribution in [2.45, 2.75) is 39.4 Å². The fourth-order valence-electron chi connectivity index (χ4n) is 8.87. The molecule has 0 spiro atoms. The van der Waals surface area contributed by atoms with E-state index in [0.717, 1.165) is 110 Å². The molecule has 0 saturated carbocycles. The van der Waals surface area contributed by atoms with Crippen LogP contribution in [0.15, 0.2) is 96.2 Å². The van der Waals surface area contributed by atoms with E-state index < -0.39 is 18.5 Å². The van der Waals surface area contributed by atoms with Crippen molar-refractivity contribution in [3.8, 4) is 11.5 Å². The Morgan fingerprint density at radius 1 is 0.688 bits per heavy atom. The minimum atomic E-state index is -1.02. The van der Waals surface area contributed by atoms with Crippen LogP contribution in [0.25, 0.3) is 65.2 Å². The zero-order valence-electron chi connectivity index (χ0n) is 36.6. The SMILES string of the molecule is CCOC(=O)/C(COc1ccc2c(ccc3c4cc(Cl)ccc4n(CCCN(C)Cc4cc5cc(OCC(=O)O)ccc5c5c4c4cc(Cl)ccc4n5CCCN(C)C)c23)c1)=N/OC. The number of benzene rings is 6. The van der Waals surface area contributed by atoms with Gasteiger partial charge in [0.25, 0.3) is 0 Å². The second kappa shape index (κ2) is 19.4. The first-order valence-corrected chi connectivity index (χ1v) is 22.1. The zero-order valence-corrected chi connectivity index (χ0v) is 38.1. The number of aryl methyl sites for hydroxylation is 2. The number of nitrogens with zero attached hydrogens (tertiary/aromatic N) is 5. The molecular formula is C50H51Cl2N5O7. The van der Waals surface area contributed by atoms with Crippen LogP contribution in [0.4, 0.5) is 0 Å². The third-order valence-electron chi connectivity index (χ3n) is 11.5. The Hall–Kier alpha value is -6.05. The van der Waals surface area contributed by atoms with Gasteiger partial charge in [0.15, 0.2) is 6.61 Å². The highest BCUT2D eigenvalue weighted by Crippen LogP contribution is 2.41. The second-order valence-electron chi connectivity index (χ2n) is 16.3. The maximum Gasteiger partial charge on any atom is 0.359 e. The van der Waals surface area contributed by atoms with Gasteiger partial charge in [-0.3, -0.25) is 0 Å². The van der Waals surface area contributed by atoms with Crippen molar-refractivity contribution < 1.29 is 33.7 Å². The number of esters is 1. The van der Waals surface area contributed by atoms with Crippen molar-refractivity contribution >= 4 is 106 Å². The van der Waals surface area contributed by atoms with Gasteiger partial charge in [0, 0.05) is 73.0 Å². The maximum absolute atomic E-state index is 12.4. The van der Waals surface area contributed by atoms with Gasteiger partial charge in [0.2, 0.25) is 5.71 Å². The van der Waals surface area contributed by atoms with Crippen molar-refractivity contribution in [2.24, 2.45) is 5.16 Å². The van der Waals surface area contributed by atoms with Crippen LogP contribution in [-0.4, -0.2) is 103 Å². The summed E-state index contributed by atoms with van der Waals surface area (Å²) in [5, 5.41) is 23.1. The maximum atomic E-state index is 12.4. The molecule has 8 rings (SSSR count). The molecule has 64 heavy (non-hydrogen) atoms. The highest BCUT2D eigenvalue weighted by molar-refractivity contribution is 6.37. The molecule has 332 valence electrons. The van der Waals surface area contributed by atoms with Gasteiger partial charge in [-0.05, 0) is 149 Å². The molecule has 0 unspecified atom stereocenters. The molecule has 0 radical (unpaired) electrons. The predicted molar refractivity (Wildman–Crippen MR) is 258 cm³/mol. The molecule has 1 N–H and O–H groups in total. The fraction of sp³-hybridized carbons (Fsp3) is 0.300. The molecule has 12 nitrogen and oxygen atoms in total. The molecule has 0 saturated heterocycles. The third-order valence-corrected chi connectivity index (χ3v) is 12.0. The number of oxime groups is 1. The number of aromatic nitrogens is 2. The van der Waals surface area contributed by atoms with Crippen LogP contribution in [0.2, 0.25) is 10.0 Å². The van der Waals surface area contributed by atoms with E-state index in [-0.39, 0.29) is 18.9 Å². The number of aliphatic carboxylic acids is 1. The highest BCUT2D eigenvalue weighted by atomic mass is 35.5. The van der Waals surface area contributed by atoms with Crippen molar-refractivity contribution in [3.05, 3.63) is 107 Å². The van der Waals surface area contributed by atoms with Gasteiger partial charge < -0.3 is 43.1 Å². The van der Waals surface area contributed by atoms with Gasteiger partial charge in [0.1, 0.15) is 25.2 Å². The number of hydrogen-bond acceptors (Lipinski definition) is 9. The minimum absolute atomic E-state index is 0.0374. The Morgan fingerprint density at radius 2 is 1.30 bits per heavy atom. The van der Waals surface area contributed by atoms with E-state index in [1.165, 1.54) is 7.11 Å². The van der Waals surface area contributed by atoms with Crippen LogP contribution in [-0.2, 0) is 38.8 Å². The predicted octanol–water partition coefficient (Wildman–Crippen LogP) is 10.4. The molecular weight excluding hydrogens is 853 g/mol. The van der Waals surface area contributed by atoms with Crippen molar-refractivity contribution in [2.75, 3.05) is 61.2 Å². The summed E-state index contributed by atoms with van der Waals surface area (Å²) in [6.07, 6.45) is 1.81. The quantitative estimate of drug-likeness (QED) is 0.0480. The summed E-state index contributed by atoms with van der Waals surface area (Å²) in [6.45, 7) is 5.39. The Labute approximate surface area is 381 Å². The molecule has 2 aromatic heterocycles. The first-order valence-electron chi connectivity index (χ1n) is 21.3. The minimum Gasteiger partial charge on any atom is -0.487 e. The Kier molecular flexibility index (Phi) is 13.5. The van der Waals surface area contributed by atoms with Crippen LogP contribution < -0.4 is 9.47 Å². The van der Waals surface area contributed by atoms with Crippen LogP contribution in [0, 0.1) is 0 Å². The van der Waals surface area contributed by atoms with Gasteiger partial charge >= 0.3 is 11.9 Å². The lowest BCUT2D eigenvalue weighted by Gasteiger charge is -2.20. The summed E-state index contributed by atoms with van der Waals surface area (Å²) >= 11 is 13.3. The zero-order chi connectivity index (χ0) is 45.1. The van der Waals surface area contributed by atoms with Gasteiger partial charge in [-0.1, -0.05) is 40.5 Å². The Balaban J connectivity index is 1.11. The van der Waals surface area contributed by atoms with E-state index in [1.54, 1.807) is 6.92 Å². The largest absolute Gasteiger partial charge is 0.487 e. The molecule has 6 aromatic carbocycles. The summed E-state index contributed by atoms with van der Waals surface area (Å²) in [5.74, 6) is -0.522. The number of ether oxygens (including phenoxy) is 3. The van der Waals surface area contributed by atoms with E-state index in [2.05, 4.69) is 87.7 Å². The standard InChI is InChI=1S/C50H51Cl2N5O7/c1-6-62-50(60)43(53-61-5)29-63-36-12-15-38-31(24-36)9-14-40-41-26-34(51)10-17-44(41)56(48(38)40)22-8-20-55(4)28-33-23-32-25-37(64-30-46(58)59)13-16-39(32)49-47(33)42-27-35(52)11-18-45(42)57(49)21-7-19-54(2)3/h9-18,23-27H,6-8,19-22,28-30H2,1-5H3,(H,58,59)/b53-43+. The second-order valence-corrected chi connectivity index (χ2v) is 17.1. The van der Waals surface area contributed by atoms with E-state index in [9.17, 15) is 14.7 Å². The number of hydrogen-bond donors (Lipinski definition) is 1. The summed E-state index contributed by atoms with van der Waals surface area (Å²) in [6, 6.07) is 30.4. The number of carbonyl (C=O) groups excluding carboxylic acids is 1. The van der Waals surface area contributed by atoms with Crippen molar-refractivity contribution in [3.63, 3.8) is 0 Å². The fourth-order valence-corrected chi connectivity index (χ4v) is 9.22. The van der Waals surface area contributed by atoms with Crippen molar-refractivity contribution in [1.29, 1.82) is 0 Å². The van der Waals surface area contributed by atoms with E-state index in [0.29, 0.717) is 28.1 Å². The molecule has 0 atom stereocenters. The van der Waals surface area contributed by atoms with E-state index in [4.69, 9.17) is 42.3 Å². The molecule has 0 aliphatic carbocycles. The molecule has 0 bridgehead atoms.